The zero-order valence-electron chi connectivity index (χ0n) is 21.1. The third kappa shape index (κ3) is 4.72. The number of amides is 2. The quantitative estimate of drug-likeness (QED) is 0.545. The van der Waals surface area contributed by atoms with Crippen LogP contribution in [0.1, 0.15) is 63.2 Å². The van der Waals surface area contributed by atoms with E-state index in [0.717, 1.165) is 37.9 Å². The molecule has 2 amide bonds. The van der Waals surface area contributed by atoms with Gasteiger partial charge in [0.2, 0.25) is 5.91 Å². The number of nitrogens with one attached hydrogen (secondary N) is 2. The Morgan fingerprint density at radius 3 is 2.54 bits per heavy atom. The van der Waals surface area contributed by atoms with Crippen LogP contribution in [0.3, 0.4) is 0 Å². The van der Waals surface area contributed by atoms with Gasteiger partial charge in [-0.1, -0.05) is 6.08 Å². The number of aliphatic hydroxyl groups is 1. The van der Waals surface area contributed by atoms with Crippen molar-refractivity contribution in [1.82, 2.24) is 20.4 Å². The molecular formula is C26H39N5O4. The first-order chi connectivity index (χ1) is 16.7. The topological polar surface area (TPSA) is 109 Å². The van der Waals surface area contributed by atoms with Gasteiger partial charge < -0.3 is 25.4 Å². The summed E-state index contributed by atoms with van der Waals surface area (Å²) in [4.78, 5) is 28.2. The van der Waals surface area contributed by atoms with Crippen molar-refractivity contribution in [3.8, 4) is 0 Å². The molecule has 1 aromatic heterocycles. The molecule has 1 aromatic rings. The summed E-state index contributed by atoms with van der Waals surface area (Å²) < 4.78 is 7.25. The maximum absolute atomic E-state index is 13.6. The minimum atomic E-state index is -0.715. The van der Waals surface area contributed by atoms with Gasteiger partial charge in [0.05, 0.1) is 30.4 Å². The molecule has 9 heteroatoms. The molecule has 6 rings (SSSR count). The van der Waals surface area contributed by atoms with E-state index in [4.69, 9.17) is 4.74 Å². The molecule has 2 unspecified atom stereocenters. The number of carbonyl (C=O) groups is 2. The van der Waals surface area contributed by atoms with Gasteiger partial charge in [-0.3, -0.25) is 9.59 Å². The fraction of sp³-hybridized carbons (Fsp3) is 0.731. The Bertz CT molecular complexity index is 980. The largest absolute Gasteiger partial charge is 0.390 e. The Labute approximate surface area is 207 Å². The molecule has 3 N–H and O–H groups in total. The number of anilines is 1. The summed E-state index contributed by atoms with van der Waals surface area (Å²) in [5.41, 5.74) is -0.698. The Balaban J connectivity index is 1.39. The summed E-state index contributed by atoms with van der Waals surface area (Å²) in [6.07, 6.45) is 9.94. The molecule has 1 aliphatic heterocycles. The van der Waals surface area contributed by atoms with Gasteiger partial charge in [0, 0.05) is 31.9 Å². The predicted molar refractivity (Wildman–Crippen MR) is 133 cm³/mol. The number of ether oxygens (including phenoxy) is 1. The number of morpholine rings is 1. The number of hydrogen-bond donors (Lipinski definition) is 3. The highest BCUT2D eigenvalue weighted by molar-refractivity contribution is 5.99. The summed E-state index contributed by atoms with van der Waals surface area (Å²) >= 11 is 0. The third-order valence-corrected chi connectivity index (χ3v) is 8.42. The Morgan fingerprint density at radius 2 is 1.91 bits per heavy atom. The van der Waals surface area contributed by atoms with E-state index in [1.165, 1.54) is 0 Å². The van der Waals surface area contributed by atoms with Gasteiger partial charge in [-0.15, -0.1) is 0 Å². The zero-order valence-corrected chi connectivity index (χ0v) is 21.1. The van der Waals surface area contributed by atoms with Crippen LogP contribution in [-0.2, 0) is 9.53 Å². The van der Waals surface area contributed by atoms with Gasteiger partial charge >= 0.3 is 0 Å². The fourth-order valence-electron chi connectivity index (χ4n) is 6.88. The van der Waals surface area contributed by atoms with E-state index in [1.54, 1.807) is 17.1 Å². The monoisotopic (exact) mass is 485 g/mol. The molecule has 2 heterocycles. The Hall–Kier alpha value is -2.39. The molecule has 192 valence electrons. The predicted octanol–water partition coefficient (Wildman–Crippen LogP) is 2.02. The van der Waals surface area contributed by atoms with Crippen molar-refractivity contribution >= 4 is 23.8 Å². The molecule has 4 saturated carbocycles. The van der Waals surface area contributed by atoms with Crippen LogP contribution in [0, 0.1) is 23.2 Å². The molecule has 0 aromatic carbocycles. The van der Waals surface area contributed by atoms with E-state index in [0.29, 0.717) is 56.2 Å². The minimum absolute atomic E-state index is 0.0576. The van der Waals surface area contributed by atoms with Crippen LogP contribution >= 0.6 is 0 Å². The van der Waals surface area contributed by atoms with E-state index in [1.807, 2.05) is 26.8 Å². The first kappa shape index (κ1) is 24.3. The molecule has 4 aliphatic carbocycles. The average Bonchev–Trinajstić information content (AvgIpc) is 3.24. The Kier molecular flexibility index (Phi) is 6.42. The van der Waals surface area contributed by atoms with E-state index in [9.17, 15) is 14.7 Å². The van der Waals surface area contributed by atoms with Crippen LogP contribution in [0.2, 0.25) is 0 Å². The standard InChI is InChI=1S/C26H39N5O4/c1-4-27-24(33)25(2,3)5-6-31-23(30-7-9-35-10-8-30)20(16-28-31)22(32)29-21-18-11-17-12-19(21)15-26(34,13-17)14-18/h5-6,16-19,21,34H,4,7-15H2,1-3H3,(H,27,33)(H,29,32). The molecule has 0 spiro atoms. The van der Waals surface area contributed by atoms with Crippen molar-refractivity contribution in [3.05, 3.63) is 17.8 Å². The normalized spacial score (nSPS) is 32.3. The highest BCUT2D eigenvalue weighted by Crippen LogP contribution is 2.55. The van der Waals surface area contributed by atoms with Crippen molar-refractivity contribution in [2.24, 2.45) is 23.2 Å². The number of hydrogen-bond acceptors (Lipinski definition) is 6. The lowest BCUT2D eigenvalue weighted by atomic mass is 9.52. The van der Waals surface area contributed by atoms with Crippen LogP contribution < -0.4 is 15.5 Å². The first-order valence-corrected chi connectivity index (χ1v) is 13.1. The molecule has 9 nitrogen and oxygen atoms in total. The van der Waals surface area contributed by atoms with Crippen LogP contribution in [0.5, 0.6) is 0 Å². The van der Waals surface area contributed by atoms with Crippen molar-refractivity contribution in [2.75, 3.05) is 37.7 Å². The highest BCUT2D eigenvalue weighted by atomic mass is 16.5. The third-order valence-electron chi connectivity index (χ3n) is 8.42. The molecule has 35 heavy (non-hydrogen) atoms. The second-order valence-corrected chi connectivity index (χ2v) is 11.5. The number of carbonyl (C=O) groups excluding carboxylic acids is 2. The summed E-state index contributed by atoms with van der Waals surface area (Å²) in [6, 6.07) is 0.104. The summed E-state index contributed by atoms with van der Waals surface area (Å²) in [5, 5.41) is 21.7. The van der Waals surface area contributed by atoms with Crippen LogP contribution in [0.25, 0.3) is 6.20 Å². The minimum Gasteiger partial charge on any atom is -0.390 e. The van der Waals surface area contributed by atoms with Crippen LogP contribution in [-0.4, -0.2) is 71.2 Å². The first-order valence-electron chi connectivity index (χ1n) is 13.1. The highest BCUT2D eigenvalue weighted by Gasteiger charge is 2.55. The molecule has 0 radical (unpaired) electrons. The summed E-state index contributed by atoms with van der Waals surface area (Å²) in [6.45, 7) is 8.71. The second-order valence-electron chi connectivity index (χ2n) is 11.5. The lowest BCUT2D eigenvalue weighted by Crippen LogP contribution is -2.61. The van der Waals surface area contributed by atoms with Crippen molar-refractivity contribution < 1.29 is 19.4 Å². The van der Waals surface area contributed by atoms with Crippen molar-refractivity contribution in [3.63, 3.8) is 0 Å². The number of rotatable bonds is 7. The SMILES string of the molecule is CCNC(=O)C(C)(C)C=Cn1ncc(C(=O)NC2C3CC4CC2CC(O)(C4)C3)c1N1CCOCC1. The Morgan fingerprint density at radius 1 is 1.23 bits per heavy atom. The van der Waals surface area contributed by atoms with E-state index in [-0.39, 0.29) is 17.9 Å². The molecule has 5 fully saturated rings. The van der Waals surface area contributed by atoms with Crippen LogP contribution in [0.15, 0.2) is 12.3 Å². The lowest BCUT2D eigenvalue weighted by Gasteiger charge is -2.58. The zero-order chi connectivity index (χ0) is 24.8. The number of aromatic nitrogens is 2. The summed E-state index contributed by atoms with van der Waals surface area (Å²) in [5.74, 6) is 1.84. The molecule has 2 atom stereocenters. The molecule has 5 aliphatic rings. The van der Waals surface area contributed by atoms with Gasteiger partial charge in [-0.05, 0) is 70.6 Å². The molecule has 4 bridgehead atoms. The second kappa shape index (κ2) is 9.24. The average molecular weight is 486 g/mol. The van der Waals surface area contributed by atoms with E-state index in [2.05, 4.69) is 20.6 Å². The summed E-state index contributed by atoms with van der Waals surface area (Å²) in [7, 11) is 0. The smallest absolute Gasteiger partial charge is 0.256 e. The van der Waals surface area contributed by atoms with E-state index < -0.39 is 11.0 Å². The van der Waals surface area contributed by atoms with Crippen molar-refractivity contribution in [1.29, 1.82) is 0 Å². The van der Waals surface area contributed by atoms with Crippen LogP contribution in [0.4, 0.5) is 5.82 Å². The van der Waals surface area contributed by atoms with E-state index >= 15 is 0 Å². The molecule has 1 saturated heterocycles. The molecular weight excluding hydrogens is 446 g/mol. The maximum atomic E-state index is 13.6. The maximum Gasteiger partial charge on any atom is 0.256 e. The van der Waals surface area contributed by atoms with Gasteiger partial charge in [-0.25, -0.2) is 4.68 Å². The van der Waals surface area contributed by atoms with Gasteiger partial charge in [0.1, 0.15) is 11.4 Å². The fourth-order valence-corrected chi connectivity index (χ4v) is 6.88. The van der Waals surface area contributed by atoms with Gasteiger partial charge in [-0.2, -0.15) is 5.10 Å². The van der Waals surface area contributed by atoms with Gasteiger partial charge in [0.15, 0.2) is 0 Å². The van der Waals surface area contributed by atoms with Gasteiger partial charge in [0.25, 0.3) is 5.91 Å². The lowest BCUT2D eigenvalue weighted by molar-refractivity contribution is -0.136. The number of nitrogens with zero attached hydrogens (tertiary/aromatic N) is 3. The van der Waals surface area contributed by atoms with Crippen molar-refractivity contribution in [2.45, 2.75) is 64.5 Å².